The number of pyridine rings is 1. The quantitative estimate of drug-likeness (QED) is 0.537. The van der Waals surface area contributed by atoms with Crippen molar-refractivity contribution in [1.29, 1.82) is 0 Å². The maximum Gasteiger partial charge on any atom is 0.280 e. The van der Waals surface area contributed by atoms with Gasteiger partial charge in [-0.15, -0.1) is 0 Å². The zero-order chi connectivity index (χ0) is 19.0. The second-order valence-electron chi connectivity index (χ2n) is 6.55. The maximum absolute atomic E-state index is 12.8. The molecule has 7 nitrogen and oxygen atoms in total. The third kappa shape index (κ3) is 3.53. The van der Waals surface area contributed by atoms with Crippen molar-refractivity contribution in [2.24, 2.45) is 0 Å². The molecule has 9 heteroatoms. The first-order chi connectivity index (χ1) is 12.9. The molecule has 4 rings (SSSR count). The normalized spacial score (nSPS) is 12.3. The van der Waals surface area contributed by atoms with Gasteiger partial charge in [-0.3, -0.25) is 4.72 Å². The summed E-state index contributed by atoms with van der Waals surface area (Å²) in [7, 11) is 0.275. The summed E-state index contributed by atoms with van der Waals surface area (Å²) >= 11 is 1.25. The SMILES string of the molecule is CN(C)CCn1ccc2cc(NS(=O)(=O)c3nccc4sncc34)ccc21. The van der Waals surface area contributed by atoms with Gasteiger partial charge < -0.3 is 9.47 Å². The predicted octanol–water partition coefficient (Wildman–Crippen LogP) is 3.01. The summed E-state index contributed by atoms with van der Waals surface area (Å²) in [5.41, 5.74) is 1.58. The Morgan fingerprint density at radius 2 is 2.07 bits per heavy atom. The van der Waals surface area contributed by atoms with Crippen LogP contribution in [0.15, 0.2) is 53.9 Å². The van der Waals surface area contributed by atoms with Crippen LogP contribution in [-0.4, -0.2) is 47.9 Å². The van der Waals surface area contributed by atoms with Gasteiger partial charge in [-0.2, -0.15) is 12.8 Å². The second kappa shape index (κ2) is 6.91. The molecule has 4 aromatic rings. The summed E-state index contributed by atoms with van der Waals surface area (Å²) < 4.78 is 35.3. The monoisotopic (exact) mass is 401 g/mol. The van der Waals surface area contributed by atoms with Crippen LogP contribution in [0.2, 0.25) is 0 Å². The molecule has 0 aliphatic heterocycles. The molecule has 0 bridgehead atoms. The average molecular weight is 402 g/mol. The van der Waals surface area contributed by atoms with E-state index in [1.165, 1.54) is 23.9 Å². The van der Waals surface area contributed by atoms with Gasteiger partial charge in [0, 0.05) is 42.1 Å². The number of likely N-dealkylation sites (N-methyl/N-ethyl adjacent to an activating group) is 1. The molecule has 1 aromatic carbocycles. The van der Waals surface area contributed by atoms with E-state index in [-0.39, 0.29) is 5.03 Å². The van der Waals surface area contributed by atoms with Crippen molar-refractivity contribution >= 4 is 48.2 Å². The zero-order valence-corrected chi connectivity index (χ0v) is 16.6. The number of fused-ring (bicyclic) bond motifs is 2. The summed E-state index contributed by atoms with van der Waals surface area (Å²) in [6, 6.07) is 9.30. The van der Waals surface area contributed by atoms with Gasteiger partial charge in [-0.05, 0) is 56.0 Å². The number of aromatic nitrogens is 3. The highest BCUT2D eigenvalue weighted by Crippen LogP contribution is 2.26. The summed E-state index contributed by atoms with van der Waals surface area (Å²) in [5, 5.41) is 1.51. The molecule has 1 N–H and O–H groups in total. The van der Waals surface area contributed by atoms with Crippen molar-refractivity contribution in [3.63, 3.8) is 0 Å². The lowest BCUT2D eigenvalue weighted by atomic mass is 10.2. The lowest BCUT2D eigenvalue weighted by Gasteiger charge is -2.12. The molecule has 0 aliphatic rings. The molecule has 3 heterocycles. The Kier molecular flexibility index (Phi) is 4.58. The minimum atomic E-state index is -3.80. The van der Waals surface area contributed by atoms with E-state index in [2.05, 4.69) is 23.5 Å². The van der Waals surface area contributed by atoms with Crippen LogP contribution in [-0.2, 0) is 16.6 Å². The van der Waals surface area contributed by atoms with E-state index in [1.807, 2.05) is 38.5 Å². The summed E-state index contributed by atoms with van der Waals surface area (Å²) in [4.78, 5) is 6.19. The Labute approximate surface area is 161 Å². The van der Waals surface area contributed by atoms with E-state index in [1.54, 1.807) is 12.1 Å². The molecule has 0 saturated carbocycles. The number of nitrogens with zero attached hydrogens (tertiary/aromatic N) is 4. The van der Waals surface area contributed by atoms with Crippen LogP contribution in [0.25, 0.3) is 21.0 Å². The first-order valence-electron chi connectivity index (χ1n) is 8.40. The van der Waals surface area contributed by atoms with Gasteiger partial charge in [0.25, 0.3) is 10.0 Å². The Morgan fingerprint density at radius 1 is 1.22 bits per heavy atom. The summed E-state index contributed by atoms with van der Waals surface area (Å²) in [6.07, 6.45) is 5.05. The largest absolute Gasteiger partial charge is 0.346 e. The molecular weight excluding hydrogens is 382 g/mol. The topological polar surface area (TPSA) is 80.1 Å². The van der Waals surface area contributed by atoms with Gasteiger partial charge in [0.2, 0.25) is 0 Å². The number of anilines is 1. The number of nitrogens with one attached hydrogen (secondary N) is 1. The molecule has 3 aromatic heterocycles. The molecule has 0 saturated heterocycles. The number of benzene rings is 1. The number of hydrogen-bond donors (Lipinski definition) is 1. The number of hydrogen-bond acceptors (Lipinski definition) is 6. The minimum absolute atomic E-state index is 0.00241. The molecule has 0 radical (unpaired) electrons. The third-order valence-corrected chi connectivity index (χ3v) is 6.41. The Balaban J connectivity index is 1.64. The van der Waals surface area contributed by atoms with E-state index >= 15 is 0 Å². The van der Waals surface area contributed by atoms with Gasteiger partial charge in [0.05, 0.1) is 16.3 Å². The summed E-state index contributed by atoms with van der Waals surface area (Å²) in [6.45, 7) is 1.81. The first kappa shape index (κ1) is 17.9. The molecule has 0 atom stereocenters. The van der Waals surface area contributed by atoms with Gasteiger partial charge in [-0.25, -0.2) is 4.98 Å². The van der Waals surface area contributed by atoms with E-state index < -0.39 is 10.0 Å². The smallest absolute Gasteiger partial charge is 0.280 e. The highest BCUT2D eigenvalue weighted by atomic mass is 32.2. The van der Waals surface area contributed by atoms with Crippen molar-refractivity contribution in [3.8, 4) is 0 Å². The lowest BCUT2D eigenvalue weighted by molar-refractivity contribution is 0.387. The second-order valence-corrected chi connectivity index (χ2v) is 8.98. The lowest BCUT2D eigenvalue weighted by Crippen LogP contribution is -2.17. The number of rotatable bonds is 6. The van der Waals surface area contributed by atoms with E-state index in [9.17, 15) is 8.42 Å². The molecule has 0 amide bonds. The van der Waals surface area contributed by atoms with Crippen LogP contribution in [0.4, 0.5) is 5.69 Å². The van der Waals surface area contributed by atoms with E-state index in [0.29, 0.717) is 11.1 Å². The van der Waals surface area contributed by atoms with Crippen molar-refractivity contribution < 1.29 is 8.42 Å². The molecule has 0 fully saturated rings. The minimum Gasteiger partial charge on any atom is -0.346 e. The van der Waals surface area contributed by atoms with Crippen molar-refractivity contribution in [2.75, 3.05) is 25.4 Å². The Hall–Kier alpha value is -2.49. The van der Waals surface area contributed by atoms with Crippen LogP contribution in [0, 0.1) is 0 Å². The van der Waals surface area contributed by atoms with Crippen molar-refractivity contribution in [2.45, 2.75) is 11.6 Å². The predicted molar refractivity (Wildman–Crippen MR) is 109 cm³/mol. The van der Waals surface area contributed by atoms with Crippen LogP contribution >= 0.6 is 11.5 Å². The summed E-state index contributed by atoms with van der Waals surface area (Å²) in [5.74, 6) is 0. The van der Waals surface area contributed by atoms with Gasteiger partial charge in [-0.1, -0.05) is 0 Å². The zero-order valence-electron chi connectivity index (χ0n) is 15.0. The standard InChI is InChI=1S/C18H19N5O2S2/c1-22(2)9-10-23-8-6-13-11-14(3-4-16(13)23)21-27(24,25)18-15-12-20-26-17(15)5-7-19-18/h3-8,11-12,21H,9-10H2,1-2H3. The van der Waals surface area contributed by atoms with Crippen LogP contribution in [0.1, 0.15) is 0 Å². The molecule has 0 spiro atoms. The fourth-order valence-corrected chi connectivity index (χ4v) is 4.85. The number of sulfonamides is 1. The highest BCUT2D eigenvalue weighted by molar-refractivity contribution is 7.92. The fraction of sp³-hybridized carbons (Fsp3) is 0.222. The van der Waals surface area contributed by atoms with Crippen molar-refractivity contribution in [1.82, 2.24) is 18.8 Å². The van der Waals surface area contributed by atoms with Gasteiger partial charge in [0.15, 0.2) is 5.03 Å². The third-order valence-electron chi connectivity index (χ3n) is 4.31. The molecule has 0 aliphatic carbocycles. The van der Waals surface area contributed by atoms with Crippen molar-refractivity contribution in [3.05, 3.63) is 48.9 Å². The average Bonchev–Trinajstić information content (AvgIpc) is 3.25. The fourth-order valence-electron chi connectivity index (χ4n) is 2.96. The van der Waals surface area contributed by atoms with Crippen LogP contribution < -0.4 is 4.72 Å². The van der Waals surface area contributed by atoms with E-state index in [0.717, 1.165) is 28.7 Å². The molecular formula is C18H19N5O2S2. The first-order valence-corrected chi connectivity index (χ1v) is 10.7. The highest BCUT2D eigenvalue weighted by Gasteiger charge is 2.20. The van der Waals surface area contributed by atoms with Gasteiger partial charge in [0.1, 0.15) is 0 Å². The van der Waals surface area contributed by atoms with E-state index in [4.69, 9.17) is 0 Å². The Morgan fingerprint density at radius 3 is 2.89 bits per heavy atom. The Bertz CT molecular complexity index is 1210. The molecule has 27 heavy (non-hydrogen) atoms. The van der Waals surface area contributed by atoms with Crippen LogP contribution in [0.3, 0.4) is 0 Å². The molecule has 0 unspecified atom stereocenters. The van der Waals surface area contributed by atoms with Crippen LogP contribution in [0.5, 0.6) is 0 Å². The van der Waals surface area contributed by atoms with Gasteiger partial charge >= 0.3 is 0 Å². The molecule has 140 valence electrons. The maximum atomic E-state index is 12.8.